The van der Waals surface area contributed by atoms with Gasteiger partial charge in [0.25, 0.3) is 0 Å². The van der Waals surface area contributed by atoms with Crippen LogP contribution in [0.2, 0.25) is 5.02 Å². The van der Waals surface area contributed by atoms with Crippen molar-refractivity contribution in [1.82, 2.24) is 0 Å². The van der Waals surface area contributed by atoms with Gasteiger partial charge in [-0.3, -0.25) is 0 Å². The predicted molar refractivity (Wildman–Crippen MR) is 80.8 cm³/mol. The van der Waals surface area contributed by atoms with E-state index in [2.05, 4.69) is 0 Å². The van der Waals surface area contributed by atoms with Crippen molar-refractivity contribution >= 4 is 34.8 Å². The molecule has 0 unspecified atom stereocenters. The number of rotatable bonds is 1. The average molecular weight is 305 g/mol. The lowest BCUT2D eigenvalue weighted by Gasteiger charge is -2.08. The van der Waals surface area contributed by atoms with Gasteiger partial charge in [0.05, 0.1) is 5.39 Å². The number of hydrogen-bond donors (Lipinski definition) is 2. The van der Waals surface area contributed by atoms with Crippen LogP contribution in [0.1, 0.15) is 0 Å². The highest BCUT2D eigenvalue weighted by Crippen LogP contribution is 2.37. The minimum atomic E-state index is -0.0820. The summed E-state index contributed by atoms with van der Waals surface area (Å²) in [5, 5.41) is 20.7. The quantitative estimate of drug-likeness (QED) is 0.628. The molecular weight excluding hydrogens is 296 g/mol. The van der Waals surface area contributed by atoms with Crippen LogP contribution in [0.3, 0.4) is 0 Å². The smallest absolute Gasteiger partial charge is 0.191 e. The van der Waals surface area contributed by atoms with Crippen LogP contribution in [-0.4, -0.2) is 10.2 Å². The fraction of sp³-hybridized carbons (Fsp3) is 0. The first-order valence-electron chi connectivity index (χ1n) is 5.80. The van der Waals surface area contributed by atoms with Crippen molar-refractivity contribution in [3.63, 3.8) is 0 Å². The van der Waals surface area contributed by atoms with Gasteiger partial charge in [-0.25, -0.2) is 0 Å². The first kappa shape index (κ1) is 13.0. The van der Waals surface area contributed by atoms with Gasteiger partial charge >= 0.3 is 0 Å². The van der Waals surface area contributed by atoms with E-state index in [1.807, 2.05) is 12.1 Å². The standard InChI is InChI=1S/C15H9ClO3S/c16-9-3-1-8(2-4-9)11-7-14(20)19-13-6-10(17)5-12(18)15(11)13/h1-7,17-18H. The van der Waals surface area contributed by atoms with Gasteiger partial charge in [0.15, 0.2) is 4.71 Å². The van der Waals surface area contributed by atoms with Gasteiger partial charge in [-0.1, -0.05) is 23.7 Å². The van der Waals surface area contributed by atoms with Crippen LogP contribution in [0.4, 0.5) is 0 Å². The zero-order chi connectivity index (χ0) is 14.3. The van der Waals surface area contributed by atoms with E-state index in [1.54, 1.807) is 18.2 Å². The molecule has 2 N–H and O–H groups in total. The van der Waals surface area contributed by atoms with E-state index >= 15 is 0 Å². The van der Waals surface area contributed by atoms with Gasteiger partial charge < -0.3 is 14.6 Å². The number of fused-ring (bicyclic) bond motifs is 1. The Labute approximate surface area is 124 Å². The molecular formula is C15H9ClO3S. The second kappa shape index (κ2) is 4.81. The molecule has 0 saturated heterocycles. The lowest BCUT2D eigenvalue weighted by atomic mass is 10.0. The highest BCUT2D eigenvalue weighted by Gasteiger charge is 2.12. The summed E-state index contributed by atoms with van der Waals surface area (Å²) >= 11 is 11.0. The van der Waals surface area contributed by atoms with Crippen molar-refractivity contribution < 1.29 is 14.6 Å². The number of halogens is 1. The molecule has 0 fully saturated rings. The molecule has 5 heteroatoms. The largest absolute Gasteiger partial charge is 0.508 e. The third kappa shape index (κ3) is 2.24. The summed E-state index contributed by atoms with van der Waals surface area (Å²) in [6.45, 7) is 0. The molecule has 0 bridgehead atoms. The average Bonchev–Trinajstić information content (AvgIpc) is 2.37. The molecule has 0 saturated carbocycles. The lowest BCUT2D eigenvalue weighted by Crippen LogP contribution is -1.83. The zero-order valence-corrected chi connectivity index (χ0v) is 11.7. The summed E-state index contributed by atoms with van der Waals surface area (Å²) in [7, 11) is 0. The molecule has 100 valence electrons. The Morgan fingerprint density at radius 2 is 1.70 bits per heavy atom. The van der Waals surface area contributed by atoms with Gasteiger partial charge in [-0.2, -0.15) is 0 Å². The van der Waals surface area contributed by atoms with E-state index in [4.69, 9.17) is 28.2 Å². The van der Waals surface area contributed by atoms with Crippen molar-refractivity contribution in [2.24, 2.45) is 0 Å². The van der Waals surface area contributed by atoms with Crippen LogP contribution in [0.5, 0.6) is 11.5 Å². The first-order chi connectivity index (χ1) is 9.54. The van der Waals surface area contributed by atoms with Crippen molar-refractivity contribution in [2.75, 3.05) is 0 Å². The first-order valence-corrected chi connectivity index (χ1v) is 6.59. The molecule has 0 atom stereocenters. The fourth-order valence-corrected chi connectivity index (χ4v) is 2.46. The molecule has 0 radical (unpaired) electrons. The van der Waals surface area contributed by atoms with Gasteiger partial charge in [0, 0.05) is 28.8 Å². The van der Waals surface area contributed by atoms with Crippen LogP contribution in [0, 0.1) is 4.71 Å². The summed E-state index contributed by atoms with van der Waals surface area (Å²) in [6, 6.07) is 11.5. The third-order valence-corrected chi connectivity index (χ3v) is 3.42. The van der Waals surface area contributed by atoms with Gasteiger partial charge in [0.1, 0.15) is 17.1 Å². The van der Waals surface area contributed by atoms with Gasteiger partial charge in [-0.15, -0.1) is 0 Å². The molecule has 0 aliphatic carbocycles. The van der Waals surface area contributed by atoms with Gasteiger partial charge in [0.2, 0.25) is 0 Å². The maximum atomic E-state index is 10.1. The van der Waals surface area contributed by atoms with Crippen molar-refractivity contribution in [3.8, 4) is 22.6 Å². The van der Waals surface area contributed by atoms with Crippen molar-refractivity contribution in [1.29, 1.82) is 0 Å². The monoisotopic (exact) mass is 304 g/mol. The number of benzene rings is 2. The van der Waals surface area contributed by atoms with E-state index in [-0.39, 0.29) is 16.2 Å². The molecule has 20 heavy (non-hydrogen) atoms. The third-order valence-electron chi connectivity index (χ3n) is 2.96. The fourth-order valence-electron chi connectivity index (χ4n) is 2.12. The Morgan fingerprint density at radius 1 is 1.00 bits per heavy atom. The summed E-state index contributed by atoms with van der Waals surface area (Å²) in [5.41, 5.74) is 1.91. The molecule has 0 amide bonds. The second-order valence-corrected chi connectivity index (χ2v) is 5.16. The van der Waals surface area contributed by atoms with E-state index < -0.39 is 0 Å². The number of hydrogen-bond acceptors (Lipinski definition) is 4. The SMILES string of the molecule is Oc1cc(O)c2c(-c3ccc(Cl)cc3)cc(=S)oc2c1. The topological polar surface area (TPSA) is 53.6 Å². The zero-order valence-electron chi connectivity index (χ0n) is 10.1. The van der Waals surface area contributed by atoms with E-state index in [0.717, 1.165) is 11.1 Å². The number of phenolic OH excluding ortho intramolecular Hbond substituents is 2. The molecule has 1 heterocycles. The normalized spacial score (nSPS) is 10.8. The van der Waals surface area contributed by atoms with E-state index in [1.165, 1.54) is 12.1 Å². The maximum Gasteiger partial charge on any atom is 0.191 e. The van der Waals surface area contributed by atoms with Crippen LogP contribution in [-0.2, 0) is 0 Å². The Morgan fingerprint density at radius 3 is 2.40 bits per heavy atom. The summed E-state index contributed by atoms with van der Waals surface area (Å²) < 4.78 is 5.65. The Bertz CT molecular complexity index is 853. The van der Waals surface area contributed by atoms with Crippen molar-refractivity contribution in [3.05, 3.63) is 52.2 Å². The minimum absolute atomic E-state index is 0.0660. The highest BCUT2D eigenvalue weighted by molar-refractivity contribution is 7.71. The molecule has 0 aliphatic heterocycles. The second-order valence-electron chi connectivity index (χ2n) is 4.32. The van der Waals surface area contributed by atoms with Crippen LogP contribution in [0.25, 0.3) is 22.1 Å². The number of phenols is 2. The van der Waals surface area contributed by atoms with Crippen molar-refractivity contribution in [2.45, 2.75) is 0 Å². The van der Waals surface area contributed by atoms with Crippen LogP contribution < -0.4 is 0 Å². The molecule has 3 aromatic rings. The predicted octanol–water partition coefficient (Wildman–Crippen LogP) is 4.89. The minimum Gasteiger partial charge on any atom is -0.508 e. The Kier molecular flexibility index (Phi) is 3.12. The molecule has 0 spiro atoms. The highest BCUT2D eigenvalue weighted by atomic mass is 35.5. The lowest BCUT2D eigenvalue weighted by molar-refractivity contribution is 0.452. The molecule has 3 rings (SSSR count). The molecule has 2 aromatic carbocycles. The van der Waals surface area contributed by atoms with Gasteiger partial charge in [-0.05, 0) is 29.9 Å². The number of aromatic hydroxyl groups is 2. The summed E-state index contributed by atoms with van der Waals surface area (Å²) in [5.74, 6) is -0.148. The van der Waals surface area contributed by atoms with E-state index in [0.29, 0.717) is 16.0 Å². The molecule has 0 aliphatic rings. The van der Waals surface area contributed by atoms with Crippen LogP contribution in [0.15, 0.2) is 46.9 Å². The summed E-state index contributed by atoms with van der Waals surface area (Å²) in [4.78, 5) is 0. The molecule has 1 aromatic heterocycles. The summed E-state index contributed by atoms with van der Waals surface area (Å²) in [6.07, 6.45) is 0. The Hall–Kier alpha value is -2.04. The maximum absolute atomic E-state index is 10.1. The van der Waals surface area contributed by atoms with Crippen LogP contribution >= 0.6 is 23.8 Å². The molecule has 3 nitrogen and oxygen atoms in total. The Balaban J connectivity index is 2.40. The van der Waals surface area contributed by atoms with E-state index in [9.17, 15) is 10.2 Å².